The second-order valence-corrected chi connectivity index (χ2v) is 1.55. The Morgan fingerprint density at radius 3 is 2.70 bits per heavy atom. The van der Waals surface area contributed by atoms with E-state index in [9.17, 15) is 0 Å². The number of halogens is 1. The molecule has 0 aliphatic rings. The van der Waals surface area contributed by atoms with Gasteiger partial charge in [0.15, 0.2) is 0 Å². The number of hydrogen-bond donors (Lipinski definition) is 2. The predicted octanol–water partition coefficient (Wildman–Crippen LogP) is 0.522. The number of aromatic nitrogens is 2. The normalized spacial score (nSPS) is 8.10. The first-order valence-corrected chi connectivity index (χ1v) is 2.59. The molecule has 1 aromatic rings. The molecule has 56 valence electrons. The second-order valence-electron chi connectivity index (χ2n) is 1.55. The topological polar surface area (TPSA) is 63.8 Å². The molecule has 0 radical (unpaired) electrons. The first-order chi connectivity index (χ1) is 4.33. The number of rotatable bonds is 1. The first kappa shape index (κ1) is 8.97. The Morgan fingerprint density at radius 1 is 1.60 bits per heavy atom. The number of nitrogens with zero attached hydrogens (tertiary/aromatic N) is 2. The van der Waals surface area contributed by atoms with Gasteiger partial charge in [0.25, 0.3) is 0 Å². The van der Waals surface area contributed by atoms with Gasteiger partial charge < -0.3 is 11.1 Å². The highest BCUT2D eigenvalue weighted by atomic mass is 35.5. The maximum absolute atomic E-state index is 5.27. The fraction of sp³-hybridized carbons (Fsp3) is 0.200. The van der Waals surface area contributed by atoms with Gasteiger partial charge in [0.1, 0.15) is 5.82 Å². The van der Waals surface area contributed by atoms with Crippen molar-refractivity contribution in [3.05, 3.63) is 12.3 Å². The lowest BCUT2D eigenvalue weighted by Gasteiger charge is -1.96. The molecule has 0 aliphatic carbocycles. The molecule has 0 amide bonds. The van der Waals surface area contributed by atoms with Crippen LogP contribution in [0.2, 0.25) is 0 Å². The minimum Gasteiger partial charge on any atom is -0.373 e. The van der Waals surface area contributed by atoms with Crippen LogP contribution in [0.5, 0.6) is 0 Å². The second kappa shape index (κ2) is 3.90. The van der Waals surface area contributed by atoms with Gasteiger partial charge >= 0.3 is 0 Å². The fourth-order valence-electron chi connectivity index (χ4n) is 0.513. The van der Waals surface area contributed by atoms with E-state index in [1.807, 2.05) is 0 Å². The van der Waals surface area contributed by atoms with Crippen molar-refractivity contribution < 1.29 is 0 Å². The molecule has 1 heterocycles. The van der Waals surface area contributed by atoms with E-state index in [4.69, 9.17) is 5.73 Å². The van der Waals surface area contributed by atoms with E-state index in [-0.39, 0.29) is 12.4 Å². The van der Waals surface area contributed by atoms with Crippen molar-refractivity contribution in [3.8, 4) is 0 Å². The highest BCUT2D eigenvalue weighted by Crippen LogP contribution is 1.99. The summed E-state index contributed by atoms with van der Waals surface area (Å²) in [6.07, 6.45) is 1.61. The maximum atomic E-state index is 5.27. The summed E-state index contributed by atoms with van der Waals surface area (Å²) in [6, 6.07) is 1.75. The van der Waals surface area contributed by atoms with E-state index in [2.05, 4.69) is 15.3 Å². The van der Waals surface area contributed by atoms with Gasteiger partial charge in [-0.25, -0.2) is 4.98 Å². The fourth-order valence-corrected chi connectivity index (χ4v) is 0.513. The van der Waals surface area contributed by atoms with E-state index in [1.54, 1.807) is 19.3 Å². The van der Waals surface area contributed by atoms with Crippen LogP contribution in [0.4, 0.5) is 11.8 Å². The van der Waals surface area contributed by atoms with Crippen LogP contribution in [0.3, 0.4) is 0 Å². The number of anilines is 2. The number of hydrogen-bond acceptors (Lipinski definition) is 4. The Bertz CT molecular complexity index is 203. The van der Waals surface area contributed by atoms with Gasteiger partial charge in [0.2, 0.25) is 5.95 Å². The van der Waals surface area contributed by atoms with Crippen molar-refractivity contribution in [2.45, 2.75) is 0 Å². The molecule has 3 N–H and O–H groups in total. The van der Waals surface area contributed by atoms with Gasteiger partial charge in [-0.2, -0.15) is 4.98 Å². The lowest BCUT2D eigenvalue weighted by molar-refractivity contribution is 1.18. The molecule has 0 unspecified atom stereocenters. The van der Waals surface area contributed by atoms with Crippen LogP contribution in [-0.4, -0.2) is 17.0 Å². The van der Waals surface area contributed by atoms with E-state index < -0.39 is 0 Å². The van der Waals surface area contributed by atoms with Crippen LogP contribution in [0.1, 0.15) is 0 Å². The number of nitrogen functional groups attached to an aromatic ring is 1. The zero-order chi connectivity index (χ0) is 6.69. The molecule has 0 bridgehead atoms. The molecule has 10 heavy (non-hydrogen) atoms. The van der Waals surface area contributed by atoms with Crippen LogP contribution in [0, 0.1) is 0 Å². The predicted molar refractivity (Wildman–Crippen MR) is 43.2 cm³/mol. The molecule has 4 nitrogen and oxygen atoms in total. The summed E-state index contributed by atoms with van der Waals surface area (Å²) >= 11 is 0. The van der Waals surface area contributed by atoms with Gasteiger partial charge in [0.05, 0.1) is 0 Å². The van der Waals surface area contributed by atoms with E-state index in [0.717, 1.165) is 5.82 Å². The molecular weight excluding hydrogens is 152 g/mol. The van der Waals surface area contributed by atoms with Crippen molar-refractivity contribution in [1.82, 2.24) is 9.97 Å². The van der Waals surface area contributed by atoms with Crippen molar-refractivity contribution in [2.24, 2.45) is 0 Å². The Balaban J connectivity index is 0.000000810. The lowest BCUT2D eigenvalue weighted by Crippen LogP contribution is -1.97. The summed E-state index contributed by atoms with van der Waals surface area (Å²) in [5, 5.41) is 2.84. The summed E-state index contributed by atoms with van der Waals surface area (Å²) in [5.41, 5.74) is 5.27. The SMILES string of the molecule is CNc1ccnc(N)n1.Cl. The zero-order valence-corrected chi connectivity index (χ0v) is 6.35. The zero-order valence-electron chi connectivity index (χ0n) is 5.53. The summed E-state index contributed by atoms with van der Waals surface area (Å²) in [5.74, 6) is 1.03. The summed E-state index contributed by atoms with van der Waals surface area (Å²) in [4.78, 5) is 7.56. The molecule has 0 fully saturated rings. The molecule has 0 saturated carbocycles. The summed E-state index contributed by atoms with van der Waals surface area (Å²) in [6.45, 7) is 0. The van der Waals surface area contributed by atoms with Crippen LogP contribution in [0.25, 0.3) is 0 Å². The molecule has 0 aliphatic heterocycles. The minimum atomic E-state index is 0. The third-order valence-corrected chi connectivity index (χ3v) is 0.930. The van der Waals surface area contributed by atoms with Crippen molar-refractivity contribution >= 4 is 24.2 Å². The minimum absolute atomic E-state index is 0. The summed E-state index contributed by atoms with van der Waals surface area (Å²) < 4.78 is 0. The van der Waals surface area contributed by atoms with Gasteiger partial charge in [-0.15, -0.1) is 12.4 Å². The van der Waals surface area contributed by atoms with Gasteiger partial charge in [-0.3, -0.25) is 0 Å². The Labute approximate surface area is 65.3 Å². The maximum Gasteiger partial charge on any atom is 0.221 e. The Morgan fingerprint density at radius 2 is 2.30 bits per heavy atom. The molecular formula is C5H9ClN4. The van der Waals surface area contributed by atoms with E-state index in [1.165, 1.54) is 0 Å². The Hall–Kier alpha value is -1.03. The average molecular weight is 161 g/mol. The molecule has 0 atom stereocenters. The van der Waals surface area contributed by atoms with Crippen LogP contribution in [-0.2, 0) is 0 Å². The first-order valence-electron chi connectivity index (χ1n) is 2.59. The monoisotopic (exact) mass is 160 g/mol. The van der Waals surface area contributed by atoms with E-state index >= 15 is 0 Å². The van der Waals surface area contributed by atoms with Crippen LogP contribution >= 0.6 is 12.4 Å². The summed E-state index contributed by atoms with van der Waals surface area (Å²) in [7, 11) is 1.78. The smallest absolute Gasteiger partial charge is 0.221 e. The number of nitrogens with one attached hydrogen (secondary N) is 1. The van der Waals surface area contributed by atoms with Crippen LogP contribution < -0.4 is 11.1 Å². The quantitative estimate of drug-likeness (QED) is 0.629. The molecule has 1 aromatic heterocycles. The van der Waals surface area contributed by atoms with Gasteiger partial charge in [-0.1, -0.05) is 0 Å². The molecule has 0 spiro atoms. The van der Waals surface area contributed by atoms with Crippen LogP contribution in [0.15, 0.2) is 12.3 Å². The van der Waals surface area contributed by atoms with Crippen molar-refractivity contribution in [1.29, 1.82) is 0 Å². The van der Waals surface area contributed by atoms with Gasteiger partial charge in [0, 0.05) is 13.2 Å². The largest absolute Gasteiger partial charge is 0.373 e. The average Bonchev–Trinajstić information content (AvgIpc) is 1.88. The third-order valence-electron chi connectivity index (χ3n) is 0.930. The molecule has 1 rings (SSSR count). The number of nitrogens with two attached hydrogens (primary N) is 1. The standard InChI is InChI=1S/C5H8N4.ClH/c1-7-4-2-3-8-5(6)9-4;/h2-3H,1H3,(H3,6,7,8,9);1H. The Kier molecular flexibility index (Phi) is 3.49. The van der Waals surface area contributed by atoms with Crippen molar-refractivity contribution in [3.63, 3.8) is 0 Å². The van der Waals surface area contributed by atoms with Crippen molar-refractivity contribution in [2.75, 3.05) is 18.1 Å². The molecule has 0 aromatic carbocycles. The highest BCUT2D eigenvalue weighted by molar-refractivity contribution is 5.85. The lowest BCUT2D eigenvalue weighted by atomic mass is 10.6. The molecule has 5 heteroatoms. The molecule has 0 saturated heterocycles. The highest BCUT2D eigenvalue weighted by Gasteiger charge is 1.88. The third kappa shape index (κ3) is 2.06. The van der Waals surface area contributed by atoms with Gasteiger partial charge in [-0.05, 0) is 6.07 Å². The van der Waals surface area contributed by atoms with E-state index in [0.29, 0.717) is 5.95 Å².